The molecular formula is C18H21BrO3. The number of benzene rings is 2. The Kier molecular flexibility index (Phi) is 6.13. The minimum atomic E-state index is 0.369. The highest BCUT2D eigenvalue weighted by Gasteiger charge is 2.15. The van der Waals surface area contributed by atoms with Gasteiger partial charge in [0, 0.05) is 11.4 Å². The number of alkyl halides is 1. The lowest BCUT2D eigenvalue weighted by molar-refractivity contribution is 0.390. The first-order valence-corrected chi connectivity index (χ1v) is 8.24. The number of halogens is 1. The SMILES string of the molecule is COc1ccc([C@@H](CBr)Cc2ccc(OC)cc2OC)cc1. The number of hydrogen-bond donors (Lipinski definition) is 0. The third kappa shape index (κ3) is 3.95. The van der Waals surface area contributed by atoms with Crippen LogP contribution in [-0.4, -0.2) is 26.7 Å². The Morgan fingerprint density at radius 1 is 0.864 bits per heavy atom. The van der Waals surface area contributed by atoms with Crippen molar-refractivity contribution >= 4 is 15.9 Å². The van der Waals surface area contributed by atoms with E-state index < -0.39 is 0 Å². The molecule has 0 aliphatic carbocycles. The first-order valence-electron chi connectivity index (χ1n) is 7.12. The van der Waals surface area contributed by atoms with Crippen LogP contribution in [0.25, 0.3) is 0 Å². The van der Waals surface area contributed by atoms with Crippen molar-refractivity contribution in [3.8, 4) is 17.2 Å². The Hall–Kier alpha value is -1.68. The number of methoxy groups -OCH3 is 3. The summed E-state index contributed by atoms with van der Waals surface area (Å²) in [6.45, 7) is 0. The zero-order valence-electron chi connectivity index (χ0n) is 13.1. The highest BCUT2D eigenvalue weighted by molar-refractivity contribution is 9.09. The summed E-state index contributed by atoms with van der Waals surface area (Å²) < 4.78 is 16.0. The van der Waals surface area contributed by atoms with Crippen LogP contribution in [0.4, 0.5) is 0 Å². The average Bonchev–Trinajstić information content (AvgIpc) is 2.59. The van der Waals surface area contributed by atoms with Crippen molar-refractivity contribution in [1.29, 1.82) is 0 Å². The second-order valence-electron chi connectivity index (χ2n) is 5.01. The number of rotatable bonds is 7. The Bertz CT molecular complexity index is 596. The van der Waals surface area contributed by atoms with Crippen LogP contribution in [0.2, 0.25) is 0 Å². The first-order chi connectivity index (χ1) is 10.7. The van der Waals surface area contributed by atoms with Crippen LogP contribution >= 0.6 is 15.9 Å². The Morgan fingerprint density at radius 2 is 1.50 bits per heavy atom. The minimum absolute atomic E-state index is 0.369. The molecule has 0 heterocycles. The maximum atomic E-state index is 5.49. The van der Waals surface area contributed by atoms with Crippen LogP contribution < -0.4 is 14.2 Å². The summed E-state index contributed by atoms with van der Waals surface area (Å²) >= 11 is 3.62. The fourth-order valence-corrected chi connectivity index (χ4v) is 3.03. The first kappa shape index (κ1) is 16.7. The van der Waals surface area contributed by atoms with Crippen molar-refractivity contribution in [3.63, 3.8) is 0 Å². The maximum Gasteiger partial charge on any atom is 0.125 e. The van der Waals surface area contributed by atoms with Gasteiger partial charge in [-0.15, -0.1) is 0 Å². The number of ether oxygens (including phenoxy) is 3. The molecule has 0 radical (unpaired) electrons. The van der Waals surface area contributed by atoms with E-state index in [9.17, 15) is 0 Å². The lowest BCUT2D eigenvalue weighted by Gasteiger charge is -2.17. The van der Waals surface area contributed by atoms with Gasteiger partial charge >= 0.3 is 0 Å². The van der Waals surface area contributed by atoms with Crippen LogP contribution in [0.1, 0.15) is 17.0 Å². The molecule has 2 aromatic carbocycles. The summed E-state index contributed by atoms with van der Waals surface area (Å²) in [6.07, 6.45) is 0.894. The molecule has 0 unspecified atom stereocenters. The molecule has 3 nitrogen and oxygen atoms in total. The normalized spacial score (nSPS) is 11.8. The van der Waals surface area contributed by atoms with E-state index in [4.69, 9.17) is 14.2 Å². The zero-order valence-corrected chi connectivity index (χ0v) is 14.7. The van der Waals surface area contributed by atoms with Crippen molar-refractivity contribution < 1.29 is 14.2 Å². The topological polar surface area (TPSA) is 27.7 Å². The van der Waals surface area contributed by atoms with Gasteiger partial charge < -0.3 is 14.2 Å². The van der Waals surface area contributed by atoms with Crippen molar-refractivity contribution in [3.05, 3.63) is 53.6 Å². The second-order valence-corrected chi connectivity index (χ2v) is 5.65. The lowest BCUT2D eigenvalue weighted by Crippen LogP contribution is -2.06. The molecule has 1 atom stereocenters. The van der Waals surface area contributed by atoms with Gasteiger partial charge in [-0.25, -0.2) is 0 Å². The van der Waals surface area contributed by atoms with Gasteiger partial charge in [0.05, 0.1) is 21.3 Å². The van der Waals surface area contributed by atoms with E-state index in [1.165, 1.54) is 11.1 Å². The molecule has 118 valence electrons. The van der Waals surface area contributed by atoms with E-state index >= 15 is 0 Å². The molecule has 2 aromatic rings. The van der Waals surface area contributed by atoms with Crippen LogP contribution in [-0.2, 0) is 6.42 Å². The minimum Gasteiger partial charge on any atom is -0.497 e. The van der Waals surface area contributed by atoms with Gasteiger partial charge in [0.1, 0.15) is 17.2 Å². The van der Waals surface area contributed by atoms with E-state index in [0.717, 1.165) is 29.0 Å². The third-order valence-electron chi connectivity index (χ3n) is 3.73. The highest BCUT2D eigenvalue weighted by Crippen LogP contribution is 2.31. The molecule has 0 amide bonds. The van der Waals surface area contributed by atoms with Crippen molar-refractivity contribution in [2.75, 3.05) is 26.7 Å². The van der Waals surface area contributed by atoms with Gasteiger partial charge in [0.15, 0.2) is 0 Å². The molecule has 0 saturated carbocycles. The Morgan fingerprint density at radius 3 is 2.05 bits per heavy atom. The summed E-state index contributed by atoms with van der Waals surface area (Å²) in [5, 5.41) is 0.883. The fraction of sp³-hybridized carbons (Fsp3) is 0.333. The quantitative estimate of drug-likeness (QED) is 0.680. The smallest absolute Gasteiger partial charge is 0.125 e. The van der Waals surface area contributed by atoms with E-state index in [1.807, 2.05) is 24.3 Å². The summed E-state index contributed by atoms with van der Waals surface area (Å²) in [5.74, 6) is 2.91. The molecule has 4 heteroatoms. The molecular weight excluding hydrogens is 344 g/mol. The predicted octanol–water partition coefficient (Wildman–Crippen LogP) is 4.43. The van der Waals surface area contributed by atoms with E-state index in [-0.39, 0.29) is 0 Å². The van der Waals surface area contributed by atoms with Gasteiger partial charge in [-0.1, -0.05) is 34.1 Å². The standard InChI is InChI=1S/C18H21BrO3/c1-20-16-7-4-13(5-8-16)15(12-19)10-14-6-9-17(21-2)11-18(14)22-3/h4-9,11,15H,10,12H2,1-3H3/t15-/m1/s1. The Labute approximate surface area is 140 Å². The van der Waals surface area contributed by atoms with E-state index in [2.05, 4.69) is 34.1 Å². The van der Waals surface area contributed by atoms with Gasteiger partial charge in [0.25, 0.3) is 0 Å². The highest BCUT2D eigenvalue weighted by atomic mass is 79.9. The largest absolute Gasteiger partial charge is 0.497 e. The summed E-state index contributed by atoms with van der Waals surface area (Å²) in [5.41, 5.74) is 2.44. The molecule has 0 aromatic heterocycles. The zero-order chi connectivity index (χ0) is 15.9. The molecule has 0 aliphatic rings. The van der Waals surface area contributed by atoms with Gasteiger partial charge in [-0.2, -0.15) is 0 Å². The van der Waals surface area contributed by atoms with E-state index in [1.54, 1.807) is 21.3 Å². The molecule has 0 fully saturated rings. The maximum absolute atomic E-state index is 5.49. The van der Waals surface area contributed by atoms with Crippen molar-refractivity contribution in [1.82, 2.24) is 0 Å². The molecule has 0 spiro atoms. The fourth-order valence-electron chi connectivity index (χ4n) is 2.42. The molecule has 0 N–H and O–H groups in total. The van der Waals surface area contributed by atoms with Crippen LogP contribution in [0, 0.1) is 0 Å². The average molecular weight is 365 g/mol. The van der Waals surface area contributed by atoms with Crippen molar-refractivity contribution in [2.24, 2.45) is 0 Å². The van der Waals surface area contributed by atoms with Gasteiger partial charge in [-0.05, 0) is 41.7 Å². The van der Waals surface area contributed by atoms with Gasteiger partial charge in [-0.3, -0.25) is 0 Å². The van der Waals surface area contributed by atoms with E-state index in [0.29, 0.717) is 5.92 Å². The second kappa shape index (κ2) is 8.08. The van der Waals surface area contributed by atoms with Crippen molar-refractivity contribution in [2.45, 2.75) is 12.3 Å². The lowest BCUT2D eigenvalue weighted by atomic mass is 9.93. The number of hydrogen-bond acceptors (Lipinski definition) is 3. The molecule has 2 rings (SSSR count). The van der Waals surface area contributed by atoms with Crippen LogP contribution in [0.3, 0.4) is 0 Å². The molecule has 0 saturated heterocycles. The predicted molar refractivity (Wildman–Crippen MR) is 92.8 cm³/mol. The summed E-state index contributed by atoms with van der Waals surface area (Å²) in [6, 6.07) is 14.2. The molecule has 0 bridgehead atoms. The van der Waals surface area contributed by atoms with Crippen LogP contribution in [0.5, 0.6) is 17.2 Å². The monoisotopic (exact) mass is 364 g/mol. The summed E-state index contributed by atoms with van der Waals surface area (Å²) in [7, 11) is 5.03. The Balaban J connectivity index is 2.22. The summed E-state index contributed by atoms with van der Waals surface area (Å²) in [4.78, 5) is 0. The molecule has 0 aliphatic heterocycles. The van der Waals surface area contributed by atoms with Gasteiger partial charge in [0.2, 0.25) is 0 Å². The molecule has 22 heavy (non-hydrogen) atoms. The third-order valence-corrected chi connectivity index (χ3v) is 4.52. The van der Waals surface area contributed by atoms with Crippen LogP contribution in [0.15, 0.2) is 42.5 Å².